The van der Waals surface area contributed by atoms with Crippen LogP contribution >= 0.6 is 0 Å². The lowest BCUT2D eigenvalue weighted by atomic mass is 10.1. The van der Waals surface area contributed by atoms with Gasteiger partial charge in [-0.15, -0.1) is 0 Å². The van der Waals surface area contributed by atoms with Gasteiger partial charge in [0.1, 0.15) is 0 Å². The second kappa shape index (κ2) is 4.52. The van der Waals surface area contributed by atoms with E-state index in [0.717, 1.165) is 22.4 Å². The summed E-state index contributed by atoms with van der Waals surface area (Å²) in [5.74, 6) is 0.882. The molecular formula is C16H17N2O+. The zero-order chi connectivity index (χ0) is 13.4. The summed E-state index contributed by atoms with van der Waals surface area (Å²) < 4.78 is 4.10. The van der Waals surface area contributed by atoms with Gasteiger partial charge in [0, 0.05) is 0 Å². The van der Waals surface area contributed by atoms with Crippen LogP contribution in [0.3, 0.4) is 0 Å². The van der Waals surface area contributed by atoms with E-state index in [1.54, 1.807) is 0 Å². The molecule has 0 aliphatic heterocycles. The Labute approximate surface area is 112 Å². The molecule has 3 aromatic rings. The van der Waals surface area contributed by atoms with E-state index in [0.29, 0.717) is 0 Å². The molecule has 0 saturated heterocycles. The number of benzene rings is 2. The maximum atomic E-state index is 10.6. The maximum absolute atomic E-state index is 10.6. The standard InChI is InChI=1S/C16H17N2O/c1-17-13-10-6-7-11-14(13)18(2)16(17)15(19)12-8-4-3-5-9-12/h3-11,15,19H,1-2H3/q+1/t15-/m0/s1. The Morgan fingerprint density at radius 1 is 1.00 bits per heavy atom. The number of fused-ring (bicyclic) bond motifs is 1. The summed E-state index contributed by atoms with van der Waals surface area (Å²) in [6.45, 7) is 0. The second-order valence-corrected chi connectivity index (χ2v) is 4.78. The highest BCUT2D eigenvalue weighted by Crippen LogP contribution is 2.22. The summed E-state index contributed by atoms with van der Waals surface area (Å²) >= 11 is 0. The van der Waals surface area contributed by atoms with Crippen LogP contribution in [-0.2, 0) is 14.1 Å². The third-order valence-electron chi connectivity index (χ3n) is 3.65. The van der Waals surface area contributed by atoms with E-state index in [-0.39, 0.29) is 0 Å². The van der Waals surface area contributed by atoms with Crippen LogP contribution in [0.5, 0.6) is 0 Å². The zero-order valence-electron chi connectivity index (χ0n) is 11.1. The van der Waals surface area contributed by atoms with Crippen LogP contribution in [0, 0.1) is 0 Å². The lowest BCUT2D eigenvalue weighted by Gasteiger charge is -2.08. The Kier molecular flexibility index (Phi) is 2.84. The third kappa shape index (κ3) is 1.83. The highest BCUT2D eigenvalue weighted by molar-refractivity contribution is 5.72. The lowest BCUT2D eigenvalue weighted by Crippen LogP contribution is -2.35. The van der Waals surface area contributed by atoms with E-state index >= 15 is 0 Å². The molecule has 0 fully saturated rings. The first-order valence-electron chi connectivity index (χ1n) is 6.36. The molecule has 0 saturated carbocycles. The minimum atomic E-state index is -0.622. The van der Waals surface area contributed by atoms with Crippen LogP contribution in [0.25, 0.3) is 11.0 Å². The van der Waals surface area contributed by atoms with E-state index < -0.39 is 6.10 Å². The molecule has 1 atom stereocenters. The van der Waals surface area contributed by atoms with Crippen molar-refractivity contribution in [3.63, 3.8) is 0 Å². The van der Waals surface area contributed by atoms with Crippen molar-refractivity contribution in [1.82, 2.24) is 4.57 Å². The van der Waals surface area contributed by atoms with Crippen molar-refractivity contribution in [3.05, 3.63) is 66.0 Å². The number of aliphatic hydroxyl groups is 1. The summed E-state index contributed by atoms with van der Waals surface area (Å²) in [5.41, 5.74) is 3.15. The fraction of sp³-hybridized carbons (Fsp3) is 0.188. The van der Waals surface area contributed by atoms with Crippen LogP contribution < -0.4 is 4.57 Å². The summed E-state index contributed by atoms with van der Waals surface area (Å²) in [7, 11) is 3.98. The van der Waals surface area contributed by atoms with Crippen LogP contribution in [0.4, 0.5) is 0 Å². The number of aliphatic hydroxyl groups excluding tert-OH is 1. The largest absolute Gasteiger partial charge is 0.376 e. The summed E-state index contributed by atoms with van der Waals surface area (Å²) in [6.07, 6.45) is -0.622. The zero-order valence-corrected chi connectivity index (χ0v) is 11.1. The second-order valence-electron chi connectivity index (χ2n) is 4.78. The monoisotopic (exact) mass is 253 g/mol. The Balaban J connectivity index is 2.21. The van der Waals surface area contributed by atoms with Crippen LogP contribution in [0.15, 0.2) is 54.6 Å². The van der Waals surface area contributed by atoms with Gasteiger partial charge in [-0.1, -0.05) is 42.5 Å². The number of hydrogen-bond acceptors (Lipinski definition) is 1. The predicted octanol–water partition coefficient (Wildman–Crippen LogP) is 2.08. The Morgan fingerprint density at radius 2 is 1.63 bits per heavy atom. The first-order valence-corrected chi connectivity index (χ1v) is 6.36. The van der Waals surface area contributed by atoms with Crippen LogP contribution in [0.1, 0.15) is 17.5 Å². The molecule has 2 aromatic carbocycles. The van der Waals surface area contributed by atoms with E-state index in [9.17, 15) is 5.11 Å². The fourth-order valence-corrected chi connectivity index (χ4v) is 2.65. The van der Waals surface area contributed by atoms with Crippen molar-refractivity contribution in [2.45, 2.75) is 6.10 Å². The molecule has 19 heavy (non-hydrogen) atoms. The van der Waals surface area contributed by atoms with Crippen molar-refractivity contribution in [1.29, 1.82) is 0 Å². The molecular weight excluding hydrogens is 236 g/mol. The van der Waals surface area contributed by atoms with Gasteiger partial charge in [-0.2, -0.15) is 0 Å². The molecule has 3 rings (SSSR count). The van der Waals surface area contributed by atoms with Crippen LogP contribution in [0.2, 0.25) is 0 Å². The van der Waals surface area contributed by atoms with E-state index in [1.807, 2.05) is 65.7 Å². The van der Waals surface area contributed by atoms with Crippen molar-refractivity contribution in [3.8, 4) is 0 Å². The number of aromatic nitrogens is 2. The van der Waals surface area contributed by atoms with Gasteiger partial charge in [-0.25, -0.2) is 9.13 Å². The van der Waals surface area contributed by atoms with Gasteiger partial charge in [0.15, 0.2) is 17.1 Å². The highest BCUT2D eigenvalue weighted by atomic mass is 16.3. The van der Waals surface area contributed by atoms with Gasteiger partial charge in [0.05, 0.1) is 14.1 Å². The smallest absolute Gasteiger partial charge is 0.291 e. The molecule has 0 unspecified atom stereocenters. The molecule has 3 nitrogen and oxygen atoms in total. The quantitative estimate of drug-likeness (QED) is 0.696. The number of aryl methyl sites for hydroxylation is 2. The number of hydrogen-bond donors (Lipinski definition) is 1. The van der Waals surface area contributed by atoms with Gasteiger partial charge in [-0.05, 0) is 17.7 Å². The predicted molar refractivity (Wildman–Crippen MR) is 74.6 cm³/mol. The number of para-hydroxylation sites is 2. The normalized spacial score (nSPS) is 12.8. The molecule has 1 N–H and O–H groups in total. The first-order chi connectivity index (χ1) is 9.20. The fourth-order valence-electron chi connectivity index (χ4n) is 2.65. The lowest BCUT2D eigenvalue weighted by molar-refractivity contribution is -0.657. The molecule has 1 aromatic heterocycles. The van der Waals surface area contributed by atoms with Crippen LogP contribution in [-0.4, -0.2) is 9.67 Å². The Morgan fingerprint density at radius 3 is 2.32 bits per heavy atom. The molecule has 1 heterocycles. The van der Waals surface area contributed by atoms with Crippen molar-refractivity contribution >= 4 is 11.0 Å². The SMILES string of the molecule is Cn1c([C@@H](O)c2ccccc2)[n+](C)c2ccccc21. The maximum Gasteiger partial charge on any atom is 0.291 e. The average molecular weight is 253 g/mol. The summed E-state index contributed by atoms with van der Waals surface area (Å²) in [5, 5.41) is 10.6. The molecule has 0 aliphatic carbocycles. The number of nitrogens with zero attached hydrogens (tertiary/aromatic N) is 2. The third-order valence-corrected chi connectivity index (χ3v) is 3.65. The minimum absolute atomic E-state index is 0.622. The van der Waals surface area contributed by atoms with Crippen molar-refractivity contribution < 1.29 is 9.67 Å². The topological polar surface area (TPSA) is 29.0 Å². The van der Waals surface area contributed by atoms with Gasteiger partial charge in [0.2, 0.25) is 0 Å². The van der Waals surface area contributed by atoms with E-state index in [1.165, 1.54) is 0 Å². The number of imidazole rings is 1. The van der Waals surface area contributed by atoms with Gasteiger partial charge in [-0.3, -0.25) is 0 Å². The molecule has 0 radical (unpaired) electrons. The first kappa shape index (κ1) is 11.9. The van der Waals surface area contributed by atoms with Crippen molar-refractivity contribution in [2.24, 2.45) is 14.1 Å². The highest BCUT2D eigenvalue weighted by Gasteiger charge is 2.27. The molecule has 0 spiro atoms. The molecule has 3 heteroatoms. The molecule has 0 amide bonds. The van der Waals surface area contributed by atoms with E-state index in [4.69, 9.17) is 0 Å². The Bertz CT molecular complexity index is 677. The average Bonchev–Trinajstić information content (AvgIpc) is 2.72. The van der Waals surface area contributed by atoms with Gasteiger partial charge >= 0.3 is 0 Å². The minimum Gasteiger partial charge on any atom is -0.376 e. The molecule has 96 valence electrons. The summed E-state index contributed by atoms with van der Waals surface area (Å²) in [6, 6.07) is 17.9. The van der Waals surface area contributed by atoms with E-state index in [2.05, 4.69) is 12.1 Å². The summed E-state index contributed by atoms with van der Waals surface area (Å²) in [4.78, 5) is 0. The van der Waals surface area contributed by atoms with Crippen molar-refractivity contribution in [2.75, 3.05) is 0 Å². The van der Waals surface area contributed by atoms with Gasteiger partial charge < -0.3 is 5.11 Å². The molecule has 0 bridgehead atoms. The molecule has 0 aliphatic rings. The number of rotatable bonds is 2. The van der Waals surface area contributed by atoms with Gasteiger partial charge in [0.25, 0.3) is 5.82 Å². The Hall–Kier alpha value is -2.13.